The summed E-state index contributed by atoms with van der Waals surface area (Å²) in [5.41, 5.74) is 0. The molecular formula is C16H34IN3. The van der Waals surface area contributed by atoms with Crippen LogP contribution >= 0.6 is 24.0 Å². The van der Waals surface area contributed by atoms with Gasteiger partial charge in [0.25, 0.3) is 0 Å². The van der Waals surface area contributed by atoms with Gasteiger partial charge < -0.3 is 10.6 Å². The van der Waals surface area contributed by atoms with E-state index in [9.17, 15) is 0 Å². The van der Waals surface area contributed by atoms with Gasteiger partial charge in [-0.15, -0.1) is 24.0 Å². The van der Waals surface area contributed by atoms with E-state index in [1.165, 1.54) is 70.6 Å². The first kappa shape index (κ1) is 20.0. The van der Waals surface area contributed by atoms with Crippen molar-refractivity contribution in [2.75, 3.05) is 19.6 Å². The summed E-state index contributed by atoms with van der Waals surface area (Å²) in [6.45, 7) is 5.40. The Morgan fingerprint density at radius 3 is 2.10 bits per heavy atom. The van der Waals surface area contributed by atoms with Gasteiger partial charge in [0.1, 0.15) is 0 Å². The van der Waals surface area contributed by atoms with E-state index in [1.807, 2.05) is 0 Å². The van der Waals surface area contributed by atoms with Crippen molar-refractivity contribution in [3.05, 3.63) is 0 Å². The number of aliphatic imine (C=N–C) groups is 1. The molecule has 0 spiro atoms. The summed E-state index contributed by atoms with van der Waals surface area (Å²) in [7, 11) is 0. The van der Waals surface area contributed by atoms with Crippen LogP contribution in [0, 0.1) is 0 Å². The van der Waals surface area contributed by atoms with Crippen molar-refractivity contribution in [2.24, 2.45) is 4.99 Å². The first-order chi connectivity index (χ1) is 9.43. The molecule has 1 heterocycles. The Labute approximate surface area is 142 Å². The topological polar surface area (TPSA) is 36.4 Å². The van der Waals surface area contributed by atoms with Crippen molar-refractivity contribution in [1.29, 1.82) is 0 Å². The number of hydrogen-bond donors (Lipinski definition) is 2. The van der Waals surface area contributed by atoms with Crippen LogP contribution in [0.2, 0.25) is 0 Å². The lowest BCUT2D eigenvalue weighted by molar-refractivity contribution is 0.553. The van der Waals surface area contributed by atoms with Crippen LogP contribution in [0.3, 0.4) is 0 Å². The van der Waals surface area contributed by atoms with Gasteiger partial charge in [0.05, 0.1) is 0 Å². The van der Waals surface area contributed by atoms with Gasteiger partial charge in [-0.25, -0.2) is 0 Å². The van der Waals surface area contributed by atoms with E-state index in [-0.39, 0.29) is 24.0 Å². The summed E-state index contributed by atoms with van der Waals surface area (Å²) in [6, 6.07) is 0. The highest BCUT2D eigenvalue weighted by Crippen LogP contribution is 2.10. The van der Waals surface area contributed by atoms with Crippen LogP contribution in [0.1, 0.15) is 77.6 Å². The van der Waals surface area contributed by atoms with E-state index >= 15 is 0 Å². The number of rotatable bonds is 11. The average molecular weight is 395 g/mol. The standard InChI is InChI=1S/C16H33N3.HI/c1-2-3-4-5-6-7-8-9-10-11-13-17-16-18-14-12-15-19-16;/h2-15H2,1H3,(H2,17,18,19);1H. The lowest BCUT2D eigenvalue weighted by atomic mass is 10.1. The van der Waals surface area contributed by atoms with Gasteiger partial charge in [-0.1, -0.05) is 64.7 Å². The molecule has 0 saturated carbocycles. The van der Waals surface area contributed by atoms with Crippen LogP contribution in [-0.4, -0.2) is 25.6 Å². The van der Waals surface area contributed by atoms with Gasteiger partial charge in [0, 0.05) is 19.6 Å². The number of nitrogens with zero attached hydrogens (tertiary/aromatic N) is 1. The molecule has 0 amide bonds. The fourth-order valence-electron chi connectivity index (χ4n) is 2.47. The number of unbranched alkanes of at least 4 members (excludes halogenated alkanes) is 9. The molecule has 0 aromatic carbocycles. The average Bonchev–Trinajstić information content (AvgIpc) is 2.46. The molecule has 20 heavy (non-hydrogen) atoms. The number of hydrogen-bond acceptors (Lipinski definition) is 3. The highest BCUT2D eigenvalue weighted by molar-refractivity contribution is 14.0. The summed E-state index contributed by atoms with van der Waals surface area (Å²) in [4.78, 5) is 4.41. The molecule has 0 saturated heterocycles. The fraction of sp³-hybridized carbons (Fsp3) is 0.938. The molecule has 0 fully saturated rings. The molecular weight excluding hydrogens is 361 g/mol. The van der Waals surface area contributed by atoms with Crippen molar-refractivity contribution in [2.45, 2.75) is 77.6 Å². The molecule has 120 valence electrons. The Balaban J connectivity index is 0.00000361. The van der Waals surface area contributed by atoms with Gasteiger partial charge >= 0.3 is 0 Å². The minimum atomic E-state index is 0. The monoisotopic (exact) mass is 395 g/mol. The van der Waals surface area contributed by atoms with E-state index in [2.05, 4.69) is 22.5 Å². The third-order valence-corrected chi connectivity index (χ3v) is 3.72. The molecule has 4 heteroatoms. The van der Waals surface area contributed by atoms with Crippen LogP contribution < -0.4 is 10.6 Å². The Kier molecular flexibility index (Phi) is 15.4. The predicted octanol–water partition coefficient (Wildman–Crippen LogP) is 4.46. The van der Waals surface area contributed by atoms with Crippen LogP contribution in [0.25, 0.3) is 0 Å². The van der Waals surface area contributed by atoms with E-state index in [1.54, 1.807) is 0 Å². The third kappa shape index (κ3) is 11.8. The lowest BCUT2D eigenvalue weighted by Gasteiger charge is -2.15. The smallest absolute Gasteiger partial charge is 0.191 e. The van der Waals surface area contributed by atoms with E-state index in [4.69, 9.17) is 0 Å². The van der Waals surface area contributed by atoms with Gasteiger partial charge in [-0.2, -0.15) is 0 Å². The van der Waals surface area contributed by atoms with Crippen molar-refractivity contribution in [3.63, 3.8) is 0 Å². The van der Waals surface area contributed by atoms with Crippen LogP contribution in [0.5, 0.6) is 0 Å². The van der Waals surface area contributed by atoms with Gasteiger partial charge in [0.2, 0.25) is 0 Å². The largest absolute Gasteiger partial charge is 0.356 e. The van der Waals surface area contributed by atoms with Gasteiger partial charge in [-0.3, -0.25) is 4.99 Å². The zero-order valence-corrected chi connectivity index (χ0v) is 15.6. The zero-order chi connectivity index (χ0) is 13.6. The minimum Gasteiger partial charge on any atom is -0.356 e. The SMILES string of the molecule is CCCCCCCCCCCCNC1=NCCCN1.I. The molecule has 0 radical (unpaired) electrons. The molecule has 0 aromatic rings. The first-order valence-corrected chi connectivity index (χ1v) is 8.45. The zero-order valence-electron chi connectivity index (χ0n) is 13.3. The molecule has 0 aromatic heterocycles. The van der Waals surface area contributed by atoms with Gasteiger partial charge in [-0.05, 0) is 12.8 Å². The maximum absolute atomic E-state index is 4.41. The Morgan fingerprint density at radius 1 is 0.950 bits per heavy atom. The van der Waals surface area contributed by atoms with E-state index < -0.39 is 0 Å². The Hall–Kier alpha value is 0. The Morgan fingerprint density at radius 2 is 1.55 bits per heavy atom. The highest BCUT2D eigenvalue weighted by Gasteiger charge is 2.01. The first-order valence-electron chi connectivity index (χ1n) is 8.45. The quantitative estimate of drug-likeness (QED) is 0.400. The predicted molar refractivity (Wildman–Crippen MR) is 100 cm³/mol. The Bertz CT molecular complexity index is 232. The number of halogens is 1. The summed E-state index contributed by atoms with van der Waals surface area (Å²) in [6.07, 6.45) is 15.2. The maximum atomic E-state index is 4.41. The van der Waals surface area contributed by atoms with E-state index in [0.29, 0.717) is 0 Å². The minimum absolute atomic E-state index is 0. The van der Waals surface area contributed by atoms with Crippen LogP contribution in [0.4, 0.5) is 0 Å². The summed E-state index contributed by atoms with van der Waals surface area (Å²) < 4.78 is 0. The molecule has 1 rings (SSSR count). The maximum Gasteiger partial charge on any atom is 0.191 e. The van der Waals surface area contributed by atoms with Gasteiger partial charge in [0.15, 0.2) is 5.96 Å². The summed E-state index contributed by atoms with van der Waals surface area (Å²) in [5, 5.41) is 6.68. The second-order valence-electron chi connectivity index (χ2n) is 5.62. The second-order valence-corrected chi connectivity index (χ2v) is 5.62. The summed E-state index contributed by atoms with van der Waals surface area (Å²) in [5.74, 6) is 1.02. The third-order valence-electron chi connectivity index (χ3n) is 3.72. The van der Waals surface area contributed by atoms with Crippen molar-refractivity contribution in [3.8, 4) is 0 Å². The lowest BCUT2D eigenvalue weighted by Crippen LogP contribution is -2.41. The molecule has 3 nitrogen and oxygen atoms in total. The molecule has 0 bridgehead atoms. The molecule has 1 aliphatic heterocycles. The van der Waals surface area contributed by atoms with Crippen molar-refractivity contribution >= 4 is 29.9 Å². The highest BCUT2D eigenvalue weighted by atomic mass is 127. The molecule has 0 atom stereocenters. The van der Waals surface area contributed by atoms with Crippen molar-refractivity contribution < 1.29 is 0 Å². The number of guanidine groups is 1. The van der Waals surface area contributed by atoms with Crippen LogP contribution in [0.15, 0.2) is 4.99 Å². The fourth-order valence-corrected chi connectivity index (χ4v) is 2.47. The normalized spacial score (nSPS) is 14.2. The molecule has 0 unspecified atom stereocenters. The van der Waals surface area contributed by atoms with E-state index in [0.717, 1.165) is 25.6 Å². The summed E-state index contributed by atoms with van der Waals surface area (Å²) >= 11 is 0. The number of nitrogens with one attached hydrogen (secondary N) is 2. The second kappa shape index (κ2) is 15.4. The van der Waals surface area contributed by atoms with Crippen LogP contribution in [-0.2, 0) is 0 Å². The molecule has 2 N–H and O–H groups in total. The molecule has 0 aliphatic carbocycles. The van der Waals surface area contributed by atoms with Crippen molar-refractivity contribution in [1.82, 2.24) is 10.6 Å². The molecule has 1 aliphatic rings.